The Kier molecular flexibility index (Phi) is 5.78. The van der Waals surface area contributed by atoms with Gasteiger partial charge in [-0.1, -0.05) is 35.3 Å². The zero-order valence-corrected chi connectivity index (χ0v) is 16.0. The topological polar surface area (TPSA) is 85.3 Å². The average molecular weight is 402 g/mol. The summed E-state index contributed by atoms with van der Waals surface area (Å²) >= 11 is 12.3. The molecular weight excluding hydrogens is 385 g/mol. The van der Waals surface area contributed by atoms with Gasteiger partial charge in [-0.2, -0.15) is 10.2 Å². The fourth-order valence-corrected chi connectivity index (χ4v) is 2.84. The molecule has 3 N–H and O–H groups in total. The first-order chi connectivity index (χ1) is 12.9. The maximum absolute atomic E-state index is 12.1. The van der Waals surface area contributed by atoms with Gasteiger partial charge >= 0.3 is 0 Å². The number of nitrogen functional groups attached to an aromatic ring is 1. The summed E-state index contributed by atoms with van der Waals surface area (Å²) in [4.78, 5) is 12.1. The van der Waals surface area contributed by atoms with Crippen molar-refractivity contribution in [1.29, 1.82) is 0 Å². The van der Waals surface area contributed by atoms with Crippen LogP contribution in [0.25, 0.3) is 0 Å². The molecule has 1 heterocycles. The maximum atomic E-state index is 12.1. The van der Waals surface area contributed by atoms with Gasteiger partial charge in [-0.3, -0.25) is 4.79 Å². The second kappa shape index (κ2) is 8.24. The normalized spacial score (nSPS) is 11.1. The smallest absolute Gasteiger partial charge is 0.271 e. The molecule has 6 nitrogen and oxygen atoms in total. The van der Waals surface area contributed by atoms with Gasteiger partial charge in [0.15, 0.2) is 0 Å². The fraction of sp³-hybridized carbons (Fsp3) is 0.105. The van der Waals surface area contributed by atoms with E-state index in [0.29, 0.717) is 39.2 Å². The molecule has 2 aromatic carbocycles. The van der Waals surface area contributed by atoms with Gasteiger partial charge in [-0.25, -0.2) is 10.1 Å². The number of carbonyl (C=O) groups is 1. The van der Waals surface area contributed by atoms with E-state index in [0.717, 1.165) is 5.56 Å². The van der Waals surface area contributed by atoms with E-state index >= 15 is 0 Å². The van der Waals surface area contributed by atoms with Gasteiger partial charge in [0.05, 0.1) is 24.0 Å². The number of nitrogens with one attached hydrogen (secondary N) is 1. The molecule has 0 fully saturated rings. The quantitative estimate of drug-likeness (QED) is 0.386. The number of aromatic nitrogens is 2. The van der Waals surface area contributed by atoms with Crippen LogP contribution in [0.1, 0.15) is 27.2 Å². The van der Waals surface area contributed by atoms with Crippen molar-refractivity contribution in [3.05, 3.63) is 81.1 Å². The van der Waals surface area contributed by atoms with Crippen molar-refractivity contribution >= 4 is 41.0 Å². The highest BCUT2D eigenvalue weighted by Gasteiger charge is 2.12. The summed E-state index contributed by atoms with van der Waals surface area (Å²) in [6.07, 6.45) is 1.48. The Labute approximate surface area is 166 Å². The highest BCUT2D eigenvalue weighted by Crippen LogP contribution is 2.20. The number of nitrogens with two attached hydrogens (primary N) is 1. The van der Waals surface area contributed by atoms with Crippen molar-refractivity contribution in [2.24, 2.45) is 5.10 Å². The van der Waals surface area contributed by atoms with Crippen LogP contribution in [0.5, 0.6) is 0 Å². The number of hydrogen-bond acceptors (Lipinski definition) is 4. The molecule has 0 bridgehead atoms. The molecule has 1 amide bonds. The summed E-state index contributed by atoms with van der Waals surface area (Å²) in [6.45, 7) is 2.33. The minimum atomic E-state index is -0.339. The van der Waals surface area contributed by atoms with Gasteiger partial charge in [0.1, 0.15) is 5.15 Å². The Morgan fingerprint density at radius 3 is 2.52 bits per heavy atom. The molecule has 0 unspecified atom stereocenters. The lowest BCUT2D eigenvalue weighted by molar-refractivity contribution is 0.0955. The molecule has 3 rings (SSSR count). The Bertz CT molecular complexity index is 979. The van der Waals surface area contributed by atoms with E-state index in [-0.39, 0.29) is 5.91 Å². The van der Waals surface area contributed by atoms with Gasteiger partial charge < -0.3 is 5.73 Å². The van der Waals surface area contributed by atoms with Crippen LogP contribution in [0.4, 0.5) is 5.69 Å². The number of amides is 1. The molecule has 138 valence electrons. The van der Waals surface area contributed by atoms with Crippen molar-refractivity contribution < 1.29 is 4.79 Å². The van der Waals surface area contributed by atoms with Crippen LogP contribution in [0.2, 0.25) is 10.2 Å². The second-order valence-electron chi connectivity index (χ2n) is 5.90. The predicted molar refractivity (Wildman–Crippen MR) is 108 cm³/mol. The van der Waals surface area contributed by atoms with Crippen molar-refractivity contribution in [3.8, 4) is 0 Å². The van der Waals surface area contributed by atoms with Crippen LogP contribution >= 0.6 is 23.2 Å². The number of halogens is 2. The van der Waals surface area contributed by atoms with Gasteiger partial charge in [0, 0.05) is 16.3 Å². The van der Waals surface area contributed by atoms with Crippen LogP contribution in [0.15, 0.2) is 53.6 Å². The van der Waals surface area contributed by atoms with E-state index in [4.69, 9.17) is 28.9 Å². The van der Waals surface area contributed by atoms with E-state index in [1.165, 1.54) is 6.21 Å². The first kappa shape index (κ1) is 18.9. The van der Waals surface area contributed by atoms with Gasteiger partial charge in [0.25, 0.3) is 5.91 Å². The third-order valence-electron chi connectivity index (χ3n) is 3.89. The predicted octanol–water partition coefficient (Wildman–Crippen LogP) is 3.89. The number of hydrazone groups is 1. The summed E-state index contributed by atoms with van der Waals surface area (Å²) in [5, 5.41) is 9.52. The van der Waals surface area contributed by atoms with Gasteiger partial charge in [-0.15, -0.1) is 0 Å². The van der Waals surface area contributed by atoms with Crippen molar-refractivity contribution in [2.75, 3.05) is 5.73 Å². The molecule has 0 aliphatic rings. The Hall–Kier alpha value is -2.83. The molecule has 0 aliphatic heterocycles. The van der Waals surface area contributed by atoms with E-state index in [2.05, 4.69) is 15.6 Å². The average Bonchev–Trinajstić information content (AvgIpc) is 2.91. The highest BCUT2D eigenvalue weighted by molar-refractivity contribution is 6.32. The molecule has 1 aromatic heterocycles. The molecule has 8 heteroatoms. The Balaban J connectivity index is 1.70. The van der Waals surface area contributed by atoms with E-state index < -0.39 is 0 Å². The van der Waals surface area contributed by atoms with Crippen LogP contribution in [-0.4, -0.2) is 21.9 Å². The number of anilines is 1. The number of aryl methyl sites for hydroxylation is 1. The molecule has 0 saturated heterocycles. The number of rotatable bonds is 5. The lowest BCUT2D eigenvalue weighted by Crippen LogP contribution is -2.17. The van der Waals surface area contributed by atoms with Gasteiger partial charge in [-0.05, 0) is 48.9 Å². The summed E-state index contributed by atoms with van der Waals surface area (Å²) in [7, 11) is 0. The van der Waals surface area contributed by atoms with Crippen LogP contribution in [-0.2, 0) is 6.54 Å². The summed E-state index contributed by atoms with van der Waals surface area (Å²) in [5.74, 6) is -0.339. The zero-order chi connectivity index (χ0) is 19.4. The molecule has 0 spiro atoms. The number of benzene rings is 2. The van der Waals surface area contributed by atoms with E-state index in [9.17, 15) is 4.79 Å². The molecule has 0 radical (unpaired) electrons. The van der Waals surface area contributed by atoms with E-state index in [1.54, 1.807) is 28.9 Å². The second-order valence-corrected chi connectivity index (χ2v) is 6.69. The zero-order valence-electron chi connectivity index (χ0n) is 14.5. The van der Waals surface area contributed by atoms with Crippen LogP contribution in [0, 0.1) is 6.92 Å². The summed E-state index contributed by atoms with van der Waals surface area (Å²) < 4.78 is 1.67. The Morgan fingerprint density at radius 2 is 1.85 bits per heavy atom. The third-order valence-corrected chi connectivity index (χ3v) is 4.54. The summed E-state index contributed by atoms with van der Waals surface area (Å²) in [6, 6.07) is 14.0. The highest BCUT2D eigenvalue weighted by atomic mass is 35.5. The minimum Gasteiger partial charge on any atom is -0.399 e. The molecule has 27 heavy (non-hydrogen) atoms. The SMILES string of the molecule is Cc1nn(Cc2ccc(Cl)cc2)c(Cl)c1/C=N/NC(=O)c1ccc(N)cc1. The molecule has 0 saturated carbocycles. The first-order valence-electron chi connectivity index (χ1n) is 8.10. The molecule has 0 atom stereocenters. The first-order valence-corrected chi connectivity index (χ1v) is 8.86. The lowest BCUT2D eigenvalue weighted by Gasteiger charge is -2.03. The van der Waals surface area contributed by atoms with Crippen molar-refractivity contribution in [1.82, 2.24) is 15.2 Å². The Morgan fingerprint density at radius 1 is 1.19 bits per heavy atom. The monoisotopic (exact) mass is 401 g/mol. The maximum Gasteiger partial charge on any atom is 0.271 e. The lowest BCUT2D eigenvalue weighted by atomic mass is 10.2. The number of nitrogens with zero attached hydrogens (tertiary/aromatic N) is 3. The molecular formula is C19H17Cl2N5O. The minimum absolute atomic E-state index is 0.339. The standard InChI is InChI=1S/C19H17Cl2N5O/c1-12-17(10-23-24-19(27)14-4-8-16(22)9-5-14)18(21)26(25-12)11-13-2-6-15(20)7-3-13/h2-10H,11,22H2,1H3,(H,24,27)/b23-10+. The largest absolute Gasteiger partial charge is 0.399 e. The van der Waals surface area contributed by atoms with Crippen molar-refractivity contribution in [2.45, 2.75) is 13.5 Å². The third kappa shape index (κ3) is 4.67. The molecule has 3 aromatic rings. The van der Waals surface area contributed by atoms with Crippen LogP contribution < -0.4 is 11.2 Å². The summed E-state index contributed by atoms with van der Waals surface area (Å²) in [5.41, 5.74) is 11.5. The number of carbonyl (C=O) groups excluding carboxylic acids is 1. The van der Waals surface area contributed by atoms with Gasteiger partial charge in [0.2, 0.25) is 0 Å². The fourth-order valence-electron chi connectivity index (χ4n) is 2.44. The van der Waals surface area contributed by atoms with Crippen LogP contribution in [0.3, 0.4) is 0 Å². The van der Waals surface area contributed by atoms with Crippen molar-refractivity contribution in [3.63, 3.8) is 0 Å². The molecule has 0 aliphatic carbocycles. The van der Waals surface area contributed by atoms with E-state index in [1.807, 2.05) is 31.2 Å². The number of hydrogen-bond donors (Lipinski definition) is 2.